The number of aliphatic hydroxyl groups excluding tert-OH is 1. The molecule has 0 bridgehead atoms. The van der Waals surface area contributed by atoms with E-state index in [9.17, 15) is 13.5 Å². The molecular weight excluding hydrogens is 556 g/mol. The van der Waals surface area contributed by atoms with Gasteiger partial charge in [0.15, 0.2) is 0 Å². The van der Waals surface area contributed by atoms with Crippen molar-refractivity contribution in [2.45, 2.75) is 76.2 Å². The van der Waals surface area contributed by atoms with Crippen molar-refractivity contribution in [3.63, 3.8) is 0 Å². The zero-order valence-corrected chi connectivity index (χ0v) is 26.2. The Kier molecular flexibility index (Phi) is 11.0. The van der Waals surface area contributed by atoms with E-state index in [2.05, 4.69) is 13.0 Å². The van der Waals surface area contributed by atoms with Crippen LogP contribution in [0.25, 0.3) is 0 Å². The fraction of sp³-hybridized carbons (Fsp3) is 0.758. The van der Waals surface area contributed by atoms with Crippen molar-refractivity contribution in [1.29, 1.82) is 0 Å². The first-order valence-corrected chi connectivity index (χ1v) is 17.4. The van der Waals surface area contributed by atoms with Crippen molar-refractivity contribution in [2.24, 2.45) is 35.0 Å². The molecule has 236 valence electrons. The first-order valence-electron chi connectivity index (χ1n) is 16.0. The third kappa shape index (κ3) is 7.59. The summed E-state index contributed by atoms with van der Waals surface area (Å²) in [5.74, 6) is 5.02. The van der Waals surface area contributed by atoms with Gasteiger partial charge in [-0.3, -0.25) is 4.18 Å². The molecule has 3 saturated carbocycles. The zero-order valence-electron chi connectivity index (χ0n) is 25.4. The Balaban J connectivity index is 0.874. The largest absolute Gasteiger partial charge is 0.496 e. The first-order chi connectivity index (χ1) is 20.3. The van der Waals surface area contributed by atoms with Crippen molar-refractivity contribution in [3.05, 3.63) is 41.7 Å². The minimum Gasteiger partial charge on any atom is -0.496 e. The SMILES string of the molecule is Cc1ccc(S(=O)(=O)OCCOCCOCCOCCOC2=CC[C@H]3C4CC[C@]5(C)[C@@H](O)CC[C@H]5[C@@H]4CC[C@H]3C2)cc1. The van der Waals surface area contributed by atoms with Crippen LogP contribution >= 0.6 is 0 Å². The van der Waals surface area contributed by atoms with Gasteiger partial charge in [-0.05, 0) is 105 Å². The fourth-order valence-corrected chi connectivity index (χ4v) is 9.20. The van der Waals surface area contributed by atoms with E-state index in [4.69, 9.17) is 23.1 Å². The van der Waals surface area contributed by atoms with Gasteiger partial charge in [0.05, 0.1) is 63.0 Å². The van der Waals surface area contributed by atoms with Crippen LogP contribution in [0.3, 0.4) is 0 Å². The molecule has 1 aromatic rings. The number of aliphatic hydroxyl groups is 1. The van der Waals surface area contributed by atoms with E-state index < -0.39 is 10.1 Å². The molecule has 42 heavy (non-hydrogen) atoms. The summed E-state index contributed by atoms with van der Waals surface area (Å²) in [4.78, 5) is 0.145. The maximum atomic E-state index is 12.1. The average Bonchev–Trinajstić information content (AvgIpc) is 3.29. The quantitative estimate of drug-likeness (QED) is 0.213. The average molecular weight is 607 g/mol. The van der Waals surface area contributed by atoms with Gasteiger partial charge >= 0.3 is 0 Å². The van der Waals surface area contributed by atoms with Crippen LogP contribution in [0.15, 0.2) is 41.0 Å². The van der Waals surface area contributed by atoms with Gasteiger partial charge in [0.25, 0.3) is 10.1 Å². The van der Waals surface area contributed by atoms with E-state index in [1.165, 1.54) is 44.2 Å². The number of rotatable bonds is 15. The molecule has 1 unspecified atom stereocenters. The number of benzene rings is 1. The van der Waals surface area contributed by atoms with Crippen LogP contribution in [0.1, 0.15) is 63.9 Å². The monoisotopic (exact) mass is 606 g/mol. The number of allylic oxidation sites excluding steroid dienone is 2. The lowest BCUT2D eigenvalue weighted by molar-refractivity contribution is -0.0768. The summed E-state index contributed by atoms with van der Waals surface area (Å²) in [5, 5.41) is 10.6. The highest BCUT2D eigenvalue weighted by Gasteiger charge is 2.56. The van der Waals surface area contributed by atoms with E-state index in [-0.39, 0.29) is 29.6 Å². The molecule has 4 aliphatic carbocycles. The topological polar surface area (TPSA) is 101 Å². The Morgan fingerprint density at radius 3 is 2.19 bits per heavy atom. The standard InChI is InChI=1S/C33H50O8S/c1-24-3-7-27(8-4-24)42(35,36)41-22-20-39-18-16-37-15-17-38-19-21-40-26-6-10-28-25(23-26)5-9-30-29(28)13-14-33(2)31(30)11-12-32(33)34/h3-4,6-8,25,28-32,34H,5,9-23H2,1-2H3/t25-,28+,29?,30+,31-,32-,33-/m0/s1. The third-order valence-electron chi connectivity index (χ3n) is 10.6. The highest BCUT2D eigenvalue weighted by atomic mass is 32.2. The van der Waals surface area contributed by atoms with E-state index in [0.717, 1.165) is 60.2 Å². The Bertz CT molecular complexity index is 1140. The third-order valence-corrected chi connectivity index (χ3v) is 11.9. The molecule has 5 rings (SSSR count). The second-order valence-electron chi connectivity index (χ2n) is 13.0. The van der Waals surface area contributed by atoms with E-state index >= 15 is 0 Å². The molecule has 0 saturated heterocycles. The molecular formula is C33H50O8S. The van der Waals surface area contributed by atoms with Crippen molar-refractivity contribution in [2.75, 3.05) is 52.9 Å². The molecule has 8 nitrogen and oxygen atoms in total. The summed E-state index contributed by atoms with van der Waals surface area (Å²) in [7, 11) is -3.76. The van der Waals surface area contributed by atoms with Gasteiger partial charge in [-0.25, -0.2) is 0 Å². The minimum absolute atomic E-state index is 0.0385. The number of hydrogen-bond acceptors (Lipinski definition) is 8. The smallest absolute Gasteiger partial charge is 0.297 e. The molecule has 3 fully saturated rings. The molecule has 1 N–H and O–H groups in total. The molecule has 0 spiro atoms. The molecule has 0 amide bonds. The van der Waals surface area contributed by atoms with Gasteiger partial charge in [-0.2, -0.15) is 8.42 Å². The lowest BCUT2D eigenvalue weighted by Crippen LogP contribution is -2.48. The maximum absolute atomic E-state index is 12.1. The van der Waals surface area contributed by atoms with Gasteiger partial charge in [0, 0.05) is 6.42 Å². The predicted octanol–water partition coefficient (Wildman–Crippen LogP) is 5.27. The Hall–Kier alpha value is -1.49. The lowest BCUT2D eigenvalue weighted by Gasteiger charge is -2.54. The second kappa shape index (κ2) is 14.5. The highest BCUT2D eigenvalue weighted by molar-refractivity contribution is 7.86. The van der Waals surface area contributed by atoms with Crippen LogP contribution in [0.5, 0.6) is 0 Å². The number of fused-ring (bicyclic) bond motifs is 5. The van der Waals surface area contributed by atoms with Gasteiger partial charge in [-0.15, -0.1) is 0 Å². The Morgan fingerprint density at radius 1 is 0.810 bits per heavy atom. The molecule has 0 heterocycles. The summed E-state index contributed by atoms with van der Waals surface area (Å²) >= 11 is 0. The summed E-state index contributed by atoms with van der Waals surface area (Å²) in [6, 6.07) is 6.55. The van der Waals surface area contributed by atoms with Crippen molar-refractivity contribution < 1.29 is 36.7 Å². The number of ether oxygens (including phenoxy) is 4. The molecule has 0 radical (unpaired) electrons. The summed E-state index contributed by atoms with van der Waals surface area (Å²) < 4.78 is 52.0. The second-order valence-corrected chi connectivity index (χ2v) is 14.6. The molecule has 1 aromatic carbocycles. The summed E-state index contributed by atoms with van der Waals surface area (Å²) in [6.07, 6.45) is 11.8. The first kappa shape index (κ1) is 31.9. The van der Waals surface area contributed by atoms with Gasteiger partial charge in [0.1, 0.15) is 6.61 Å². The van der Waals surface area contributed by atoms with Crippen LogP contribution in [0.2, 0.25) is 0 Å². The fourth-order valence-electron chi connectivity index (χ4n) is 8.30. The van der Waals surface area contributed by atoms with Crippen molar-refractivity contribution in [1.82, 2.24) is 0 Å². The Morgan fingerprint density at radius 2 is 1.48 bits per heavy atom. The number of aryl methyl sites for hydroxylation is 1. The van der Waals surface area contributed by atoms with Gasteiger partial charge < -0.3 is 24.1 Å². The zero-order chi connectivity index (χ0) is 29.6. The van der Waals surface area contributed by atoms with Crippen molar-refractivity contribution >= 4 is 10.1 Å². The molecule has 0 aromatic heterocycles. The maximum Gasteiger partial charge on any atom is 0.297 e. The molecule has 4 aliphatic rings. The summed E-state index contributed by atoms with van der Waals surface area (Å²) in [6.45, 7) is 7.20. The van der Waals surface area contributed by atoms with E-state index in [1.54, 1.807) is 12.1 Å². The van der Waals surface area contributed by atoms with Crippen LogP contribution in [-0.2, 0) is 33.2 Å². The van der Waals surface area contributed by atoms with Crippen molar-refractivity contribution in [3.8, 4) is 0 Å². The normalized spacial score (nSPS) is 32.5. The van der Waals surface area contributed by atoms with Gasteiger partial charge in [0.2, 0.25) is 0 Å². The van der Waals surface area contributed by atoms with E-state index in [0.29, 0.717) is 39.6 Å². The molecule has 0 aliphatic heterocycles. The van der Waals surface area contributed by atoms with Crippen LogP contribution in [0.4, 0.5) is 0 Å². The van der Waals surface area contributed by atoms with Crippen LogP contribution in [-0.4, -0.2) is 72.5 Å². The lowest BCUT2D eigenvalue weighted by atomic mass is 9.51. The predicted molar refractivity (Wildman–Crippen MR) is 159 cm³/mol. The van der Waals surface area contributed by atoms with Gasteiger partial charge in [-0.1, -0.05) is 24.6 Å². The van der Waals surface area contributed by atoms with Crippen LogP contribution < -0.4 is 0 Å². The van der Waals surface area contributed by atoms with Crippen LogP contribution in [0, 0.1) is 41.9 Å². The number of hydrogen-bond donors (Lipinski definition) is 1. The highest BCUT2D eigenvalue weighted by Crippen LogP contribution is 2.62. The summed E-state index contributed by atoms with van der Waals surface area (Å²) in [5.41, 5.74) is 1.15. The van der Waals surface area contributed by atoms with E-state index in [1.807, 2.05) is 6.92 Å². The Labute approximate surface area is 252 Å². The molecule has 9 heteroatoms. The molecule has 7 atom stereocenters. The minimum atomic E-state index is -3.76.